The summed E-state index contributed by atoms with van der Waals surface area (Å²) in [6.07, 6.45) is 15.7. The van der Waals surface area contributed by atoms with Gasteiger partial charge >= 0.3 is 17.9 Å². The molecule has 1 aliphatic rings. The normalized spacial score (nSPS) is 15.6. The van der Waals surface area contributed by atoms with E-state index in [1.165, 1.54) is 57.8 Å². The van der Waals surface area contributed by atoms with Crippen LogP contribution >= 0.6 is 0 Å². The molecule has 0 aromatic rings. The Kier molecular flexibility index (Phi) is 16.1. The summed E-state index contributed by atoms with van der Waals surface area (Å²) >= 11 is 0. The van der Waals surface area contributed by atoms with Crippen molar-refractivity contribution in [3.63, 3.8) is 0 Å². The van der Waals surface area contributed by atoms with Gasteiger partial charge in [-0.3, -0.25) is 4.79 Å². The minimum Gasteiger partial charge on any atom is -0.507 e. The smallest absolute Gasteiger partial charge is 0.350 e. The van der Waals surface area contributed by atoms with Crippen molar-refractivity contribution in [1.29, 1.82) is 0 Å². The molecular weight excluding hydrogens is 424 g/mol. The molecule has 7 nitrogen and oxygen atoms in total. The molecule has 0 saturated carbocycles. The number of ether oxygens (including phenoxy) is 3. The van der Waals surface area contributed by atoms with Gasteiger partial charge in [-0.25, -0.2) is 9.59 Å². The molecule has 0 saturated heterocycles. The monoisotopic (exact) mass is 468 g/mol. The molecule has 0 fully saturated rings. The molecule has 0 aromatic carbocycles. The van der Waals surface area contributed by atoms with Crippen LogP contribution in [0.1, 0.15) is 117 Å². The van der Waals surface area contributed by atoms with Gasteiger partial charge in [0.05, 0.1) is 6.61 Å². The van der Waals surface area contributed by atoms with Gasteiger partial charge in [-0.15, -0.1) is 0 Å². The van der Waals surface area contributed by atoms with Crippen LogP contribution < -0.4 is 0 Å². The van der Waals surface area contributed by atoms with Crippen molar-refractivity contribution in [2.75, 3.05) is 13.2 Å². The van der Waals surface area contributed by atoms with E-state index in [2.05, 4.69) is 13.8 Å². The molecule has 0 spiro atoms. The lowest BCUT2D eigenvalue weighted by atomic mass is 10.1. The summed E-state index contributed by atoms with van der Waals surface area (Å²) in [5.74, 6) is -2.76. The second-order valence-corrected chi connectivity index (χ2v) is 8.82. The summed E-state index contributed by atoms with van der Waals surface area (Å²) in [5, 5.41) is 10.2. The fourth-order valence-corrected chi connectivity index (χ4v) is 3.75. The van der Waals surface area contributed by atoms with Gasteiger partial charge in [0, 0.05) is 6.42 Å². The highest BCUT2D eigenvalue weighted by atomic mass is 16.6. The predicted molar refractivity (Wildman–Crippen MR) is 127 cm³/mol. The van der Waals surface area contributed by atoms with Crippen LogP contribution in [0.25, 0.3) is 0 Å². The second-order valence-electron chi connectivity index (χ2n) is 8.82. The fourth-order valence-electron chi connectivity index (χ4n) is 3.75. The average Bonchev–Trinajstić information content (AvgIpc) is 3.08. The van der Waals surface area contributed by atoms with Crippen molar-refractivity contribution < 1.29 is 33.7 Å². The quantitative estimate of drug-likeness (QED) is 0.0998. The minimum absolute atomic E-state index is 0.190. The Hall–Kier alpha value is -2.05. The lowest BCUT2D eigenvalue weighted by Gasteiger charge is -2.10. The molecule has 1 rings (SSSR count). The standard InChI is InChI=1S/C26H44O7/c1-3-5-7-9-11-13-15-17-19-31-25(29)23-24(28)21(33-26(23)30)20-32-22(27)18-16-14-12-10-8-6-4-2/h21,28H,3-20H2,1-2H3/t21-/m1/s1. The van der Waals surface area contributed by atoms with Crippen molar-refractivity contribution >= 4 is 17.9 Å². The first-order valence-electron chi connectivity index (χ1n) is 13.0. The van der Waals surface area contributed by atoms with Gasteiger partial charge in [0.2, 0.25) is 0 Å². The Morgan fingerprint density at radius 2 is 1.30 bits per heavy atom. The predicted octanol–water partition coefficient (Wildman–Crippen LogP) is 6.09. The zero-order chi connectivity index (χ0) is 24.3. The molecule has 190 valence electrons. The molecule has 0 aromatic heterocycles. The first-order chi connectivity index (χ1) is 16.0. The summed E-state index contributed by atoms with van der Waals surface area (Å²) in [7, 11) is 0. The van der Waals surface area contributed by atoms with Crippen molar-refractivity contribution in [3.8, 4) is 0 Å². The first-order valence-corrected chi connectivity index (χ1v) is 13.0. The van der Waals surface area contributed by atoms with Gasteiger partial charge < -0.3 is 19.3 Å². The lowest BCUT2D eigenvalue weighted by molar-refractivity contribution is -0.154. The van der Waals surface area contributed by atoms with Crippen LogP contribution in [0.2, 0.25) is 0 Å². The molecule has 1 aliphatic heterocycles. The number of cyclic esters (lactones) is 1. The first kappa shape index (κ1) is 29.0. The number of aliphatic hydroxyl groups excluding tert-OH is 1. The van der Waals surface area contributed by atoms with Crippen LogP contribution in [0.3, 0.4) is 0 Å². The van der Waals surface area contributed by atoms with E-state index in [9.17, 15) is 19.5 Å². The number of unbranched alkanes of at least 4 members (excludes halogenated alkanes) is 13. The molecule has 0 unspecified atom stereocenters. The van der Waals surface area contributed by atoms with E-state index in [0.717, 1.165) is 32.1 Å². The van der Waals surface area contributed by atoms with Gasteiger partial charge in [-0.2, -0.15) is 0 Å². The van der Waals surface area contributed by atoms with Gasteiger partial charge in [0.1, 0.15) is 6.61 Å². The summed E-state index contributed by atoms with van der Waals surface area (Å²) in [6.45, 7) is 4.25. The van der Waals surface area contributed by atoms with E-state index in [-0.39, 0.29) is 19.6 Å². The van der Waals surface area contributed by atoms with Crippen molar-refractivity contribution in [3.05, 3.63) is 11.3 Å². The topological polar surface area (TPSA) is 99.1 Å². The van der Waals surface area contributed by atoms with E-state index >= 15 is 0 Å². The summed E-state index contributed by atoms with van der Waals surface area (Å²) in [6, 6.07) is 0. The number of hydrogen-bond acceptors (Lipinski definition) is 7. The molecular formula is C26H44O7. The maximum absolute atomic E-state index is 12.2. The largest absolute Gasteiger partial charge is 0.507 e. The van der Waals surface area contributed by atoms with Crippen LogP contribution in [0.4, 0.5) is 0 Å². The van der Waals surface area contributed by atoms with Crippen molar-refractivity contribution in [2.45, 2.75) is 123 Å². The Labute approximate surface area is 199 Å². The Morgan fingerprint density at radius 1 is 0.788 bits per heavy atom. The van der Waals surface area contributed by atoms with Gasteiger partial charge in [-0.1, -0.05) is 97.3 Å². The summed E-state index contributed by atoms with van der Waals surface area (Å²) < 4.78 is 15.2. The summed E-state index contributed by atoms with van der Waals surface area (Å²) in [5.41, 5.74) is -0.498. The van der Waals surface area contributed by atoms with Crippen molar-refractivity contribution in [2.24, 2.45) is 0 Å². The number of rotatable bonds is 20. The maximum Gasteiger partial charge on any atom is 0.350 e. The molecule has 1 N–H and O–H groups in total. The third-order valence-electron chi connectivity index (χ3n) is 5.83. The molecule has 1 atom stereocenters. The highest BCUT2D eigenvalue weighted by Crippen LogP contribution is 2.22. The molecule has 0 amide bonds. The van der Waals surface area contributed by atoms with Gasteiger partial charge in [0.15, 0.2) is 17.4 Å². The van der Waals surface area contributed by atoms with Crippen LogP contribution in [0.15, 0.2) is 11.3 Å². The highest BCUT2D eigenvalue weighted by Gasteiger charge is 2.40. The van der Waals surface area contributed by atoms with Crippen molar-refractivity contribution in [1.82, 2.24) is 0 Å². The van der Waals surface area contributed by atoms with Crippen LogP contribution in [0.5, 0.6) is 0 Å². The molecule has 1 heterocycles. The van der Waals surface area contributed by atoms with E-state index in [1.54, 1.807) is 0 Å². The molecule has 0 radical (unpaired) electrons. The number of carbonyl (C=O) groups is 3. The fraction of sp³-hybridized carbons (Fsp3) is 0.808. The molecule has 33 heavy (non-hydrogen) atoms. The number of esters is 3. The molecule has 7 heteroatoms. The van der Waals surface area contributed by atoms with E-state index in [0.29, 0.717) is 6.42 Å². The molecule has 0 aliphatic carbocycles. The minimum atomic E-state index is -1.15. The summed E-state index contributed by atoms with van der Waals surface area (Å²) in [4.78, 5) is 36.0. The SMILES string of the molecule is CCCCCCCCCCOC(=O)C1=C(O)[C@@H](COC(=O)CCCCCCCCC)OC1=O. The third kappa shape index (κ3) is 12.7. The second kappa shape index (κ2) is 18.4. The van der Waals surface area contributed by atoms with Gasteiger partial charge in [0.25, 0.3) is 0 Å². The maximum atomic E-state index is 12.2. The zero-order valence-electron chi connectivity index (χ0n) is 20.7. The Balaban J connectivity index is 2.22. The van der Waals surface area contributed by atoms with Crippen LogP contribution in [0, 0.1) is 0 Å². The zero-order valence-corrected chi connectivity index (χ0v) is 20.7. The van der Waals surface area contributed by atoms with E-state index in [4.69, 9.17) is 14.2 Å². The number of carbonyl (C=O) groups excluding carboxylic acids is 3. The highest BCUT2D eigenvalue weighted by molar-refractivity contribution is 6.16. The van der Waals surface area contributed by atoms with E-state index in [1.807, 2.05) is 0 Å². The van der Waals surface area contributed by atoms with Gasteiger partial charge in [-0.05, 0) is 12.8 Å². The third-order valence-corrected chi connectivity index (χ3v) is 5.83. The molecule has 0 bridgehead atoms. The number of hydrogen-bond donors (Lipinski definition) is 1. The average molecular weight is 469 g/mol. The number of aliphatic hydroxyl groups is 1. The van der Waals surface area contributed by atoms with E-state index < -0.39 is 35.3 Å². The van der Waals surface area contributed by atoms with Crippen LogP contribution in [-0.4, -0.2) is 42.3 Å². The Bertz CT molecular complexity index is 612. The lowest BCUT2D eigenvalue weighted by Crippen LogP contribution is -2.21. The Morgan fingerprint density at radius 3 is 1.88 bits per heavy atom. The van der Waals surface area contributed by atoms with Crippen LogP contribution in [-0.2, 0) is 28.6 Å².